The lowest BCUT2D eigenvalue weighted by molar-refractivity contribution is 0.559. The van der Waals surface area contributed by atoms with Crippen molar-refractivity contribution >= 4 is 61.0 Å². The minimum Gasteiger partial charge on any atom is -0.456 e. The molecule has 3 nitrogen and oxygen atoms in total. The van der Waals surface area contributed by atoms with Gasteiger partial charge in [-0.25, -0.2) is 0 Å². The van der Waals surface area contributed by atoms with Crippen LogP contribution in [0.15, 0.2) is 155 Å². The zero-order chi connectivity index (χ0) is 30.6. The van der Waals surface area contributed by atoms with Gasteiger partial charge in [0.25, 0.3) is 0 Å². The molecule has 0 aliphatic rings. The maximum Gasteiger partial charge on any atom is 0.136 e. The van der Waals surface area contributed by atoms with Crippen LogP contribution in [-0.4, -0.2) is 6.72 Å². The van der Waals surface area contributed by atoms with E-state index in [1.54, 1.807) is 0 Å². The highest BCUT2D eigenvalue weighted by molar-refractivity contribution is 6.33. The topological polar surface area (TPSA) is 37.5 Å². The second-order valence-corrected chi connectivity index (χ2v) is 12.0. The maximum atomic E-state index is 6.47. The number of aliphatic imine (C=N–C) groups is 1. The summed E-state index contributed by atoms with van der Waals surface area (Å²) in [6.45, 7) is 4.63. The van der Waals surface area contributed by atoms with Gasteiger partial charge < -0.3 is 4.42 Å². The van der Waals surface area contributed by atoms with Gasteiger partial charge in [0.05, 0.1) is 0 Å². The summed E-state index contributed by atoms with van der Waals surface area (Å²) in [6.07, 6.45) is -0.229. The molecule has 0 amide bonds. The maximum absolute atomic E-state index is 6.47. The van der Waals surface area contributed by atoms with Gasteiger partial charge in [-0.15, -0.1) is 0 Å². The largest absolute Gasteiger partial charge is 0.456 e. The first kappa shape index (κ1) is 26.6. The molecular weight excluding hydrogens is 560 g/mol. The molecule has 0 spiro atoms. The van der Waals surface area contributed by atoms with Crippen molar-refractivity contribution < 1.29 is 4.42 Å². The van der Waals surface area contributed by atoms with Crippen LogP contribution in [0.2, 0.25) is 0 Å². The third-order valence-corrected chi connectivity index (χ3v) is 9.39. The highest BCUT2D eigenvalue weighted by atomic mass is 16.3. The summed E-state index contributed by atoms with van der Waals surface area (Å²) >= 11 is 0. The average molecular weight is 591 g/mol. The first-order valence-corrected chi connectivity index (χ1v) is 15.7. The molecule has 9 rings (SSSR count). The van der Waals surface area contributed by atoms with E-state index >= 15 is 0 Å². The number of fused-ring (bicyclic) bond motifs is 4. The van der Waals surface area contributed by atoms with E-state index in [4.69, 9.17) is 4.42 Å². The minimum absolute atomic E-state index is 0.229. The van der Waals surface area contributed by atoms with Gasteiger partial charge in [0, 0.05) is 17.3 Å². The standard InChI is InChI=1S/C43H30N2O/c1-44-43(45-26-32-16-7-13-28-12-5-6-17-34(28)32)31-15-8-14-29(22-31)30-20-21-35-37(23-30)36-18-9-19-39-41(36)42-38(35)24-33(25-40(42)46-39)27-10-3-2-4-11-27/h2-25,43,45H,1,26H2. The quantitative estimate of drug-likeness (QED) is 0.148. The fraction of sp³-hybridized carbons (Fsp3) is 0.0465. The van der Waals surface area contributed by atoms with Gasteiger partial charge in [-0.1, -0.05) is 115 Å². The Morgan fingerprint density at radius 2 is 1.24 bits per heavy atom. The number of hydrogen-bond donors (Lipinski definition) is 1. The monoisotopic (exact) mass is 590 g/mol. The first-order valence-electron chi connectivity index (χ1n) is 15.7. The number of hydrogen-bond acceptors (Lipinski definition) is 3. The Labute approximate surface area is 266 Å². The summed E-state index contributed by atoms with van der Waals surface area (Å²) in [5.74, 6) is 0. The number of nitrogens with one attached hydrogen (secondary N) is 1. The van der Waals surface area contributed by atoms with Crippen molar-refractivity contribution in [3.8, 4) is 22.3 Å². The number of benzene rings is 8. The van der Waals surface area contributed by atoms with E-state index in [1.807, 2.05) is 0 Å². The predicted molar refractivity (Wildman–Crippen MR) is 194 cm³/mol. The molecule has 1 unspecified atom stereocenters. The van der Waals surface area contributed by atoms with Gasteiger partial charge in [0.2, 0.25) is 0 Å². The van der Waals surface area contributed by atoms with E-state index in [2.05, 4.69) is 163 Å². The van der Waals surface area contributed by atoms with Crippen LogP contribution in [0.3, 0.4) is 0 Å². The van der Waals surface area contributed by atoms with Gasteiger partial charge in [0.15, 0.2) is 0 Å². The van der Waals surface area contributed by atoms with Crippen LogP contribution in [0.5, 0.6) is 0 Å². The fourth-order valence-electron chi connectivity index (χ4n) is 7.19. The molecule has 1 aromatic heterocycles. The predicted octanol–water partition coefficient (Wildman–Crippen LogP) is 11.3. The molecule has 1 heterocycles. The highest BCUT2D eigenvalue weighted by Gasteiger charge is 2.19. The van der Waals surface area contributed by atoms with Crippen molar-refractivity contribution in [1.82, 2.24) is 5.32 Å². The van der Waals surface area contributed by atoms with Crippen LogP contribution >= 0.6 is 0 Å². The zero-order valence-electron chi connectivity index (χ0n) is 25.2. The smallest absolute Gasteiger partial charge is 0.136 e. The van der Waals surface area contributed by atoms with Crippen molar-refractivity contribution in [2.75, 3.05) is 0 Å². The molecule has 0 saturated carbocycles. The van der Waals surface area contributed by atoms with Gasteiger partial charge in [0.1, 0.15) is 17.3 Å². The van der Waals surface area contributed by atoms with E-state index in [1.165, 1.54) is 54.2 Å². The van der Waals surface area contributed by atoms with Crippen molar-refractivity contribution in [2.45, 2.75) is 12.7 Å². The van der Waals surface area contributed by atoms with Crippen molar-refractivity contribution in [3.05, 3.63) is 157 Å². The van der Waals surface area contributed by atoms with Crippen molar-refractivity contribution in [3.63, 3.8) is 0 Å². The Kier molecular flexibility index (Phi) is 6.19. The molecule has 0 bridgehead atoms. The van der Waals surface area contributed by atoms with E-state index in [-0.39, 0.29) is 6.17 Å². The second-order valence-electron chi connectivity index (χ2n) is 12.0. The number of rotatable bonds is 7. The van der Waals surface area contributed by atoms with Crippen LogP contribution in [-0.2, 0) is 6.54 Å². The Morgan fingerprint density at radius 1 is 0.522 bits per heavy atom. The zero-order valence-corrected chi connectivity index (χ0v) is 25.2. The number of furan rings is 1. The first-order chi connectivity index (χ1) is 22.7. The normalized spacial score (nSPS) is 12.5. The fourth-order valence-corrected chi connectivity index (χ4v) is 7.19. The molecule has 1 atom stereocenters. The summed E-state index contributed by atoms with van der Waals surface area (Å²) in [4.78, 5) is 4.49. The molecule has 9 aromatic rings. The van der Waals surface area contributed by atoms with Crippen LogP contribution in [0, 0.1) is 0 Å². The van der Waals surface area contributed by atoms with E-state index in [0.29, 0.717) is 6.54 Å². The van der Waals surface area contributed by atoms with Crippen LogP contribution < -0.4 is 5.32 Å². The van der Waals surface area contributed by atoms with Gasteiger partial charge in [-0.2, -0.15) is 0 Å². The average Bonchev–Trinajstić information content (AvgIpc) is 3.51. The summed E-state index contributed by atoms with van der Waals surface area (Å²) in [5.41, 5.74) is 8.84. The Balaban J connectivity index is 1.13. The third kappa shape index (κ3) is 4.28. The molecule has 8 aromatic carbocycles. The lowest BCUT2D eigenvalue weighted by atomic mass is 9.90. The molecule has 46 heavy (non-hydrogen) atoms. The summed E-state index contributed by atoms with van der Waals surface area (Å²) in [7, 11) is 0. The van der Waals surface area contributed by atoms with E-state index in [9.17, 15) is 0 Å². The van der Waals surface area contributed by atoms with Crippen molar-refractivity contribution in [1.29, 1.82) is 0 Å². The third-order valence-electron chi connectivity index (χ3n) is 9.39. The summed E-state index contributed by atoms with van der Waals surface area (Å²) in [6, 6.07) is 51.9. The molecule has 0 fully saturated rings. The highest BCUT2D eigenvalue weighted by Crippen LogP contribution is 2.45. The molecule has 0 radical (unpaired) electrons. The molecule has 3 heteroatoms. The molecule has 0 aliphatic heterocycles. The van der Waals surface area contributed by atoms with Gasteiger partial charge in [-0.3, -0.25) is 10.3 Å². The lowest BCUT2D eigenvalue weighted by Crippen LogP contribution is -2.19. The van der Waals surface area contributed by atoms with Crippen molar-refractivity contribution in [2.24, 2.45) is 4.99 Å². The summed E-state index contributed by atoms with van der Waals surface area (Å²) in [5, 5.41) is 13.4. The van der Waals surface area contributed by atoms with Crippen LogP contribution in [0.4, 0.5) is 0 Å². The van der Waals surface area contributed by atoms with Gasteiger partial charge >= 0.3 is 0 Å². The molecule has 1 N–H and O–H groups in total. The van der Waals surface area contributed by atoms with Crippen LogP contribution in [0.25, 0.3) is 76.5 Å². The minimum atomic E-state index is -0.229. The Bertz CT molecular complexity index is 2560. The molecule has 0 saturated heterocycles. The molecule has 218 valence electrons. The second kappa shape index (κ2) is 10.7. The Hall–Kier alpha value is -5.77. The molecular formula is C43H30N2O. The number of nitrogens with zero attached hydrogens (tertiary/aromatic N) is 1. The van der Waals surface area contributed by atoms with Crippen LogP contribution in [0.1, 0.15) is 17.3 Å². The van der Waals surface area contributed by atoms with Gasteiger partial charge in [-0.05, 0) is 103 Å². The molecule has 0 aliphatic carbocycles. The summed E-state index contributed by atoms with van der Waals surface area (Å²) < 4.78 is 6.47. The van der Waals surface area contributed by atoms with E-state index < -0.39 is 0 Å². The Morgan fingerprint density at radius 3 is 2.15 bits per heavy atom. The van der Waals surface area contributed by atoms with E-state index in [0.717, 1.165) is 33.4 Å². The lowest BCUT2D eigenvalue weighted by Gasteiger charge is -2.17. The SMILES string of the molecule is C=NC(NCc1cccc2ccccc12)c1cccc(-c2ccc3c(c2)c2cccc4oc5cc(-c6ccccc6)cc3c5c42)c1.